The van der Waals surface area contributed by atoms with Crippen molar-refractivity contribution in [2.24, 2.45) is 0 Å². The first-order chi connectivity index (χ1) is 15.1. The molecule has 9 nitrogen and oxygen atoms in total. The van der Waals surface area contributed by atoms with Crippen LogP contribution in [0, 0.1) is 6.92 Å². The van der Waals surface area contributed by atoms with E-state index in [1.54, 1.807) is 13.3 Å². The molecular weight excluding hydrogens is 398 g/mol. The number of methoxy groups -OCH3 is 2. The van der Waals surface area contributed by atoms with Gasteiger partial charge >= 0.3 is 0 Å². The number of rotatable bonds is 7. The summed E-state index contributed by atoms with van der Waals surface area (Å²) in [5, 5.41) is 8.33. The molecule has 0 radical (unpaired) electrons. The summed E-state index contributed by atoms with van der Waals surface area (Å²) in [6.45, 7) is 6.61. The van der Waals surface area contributed by atoms with Gasteiger partial charge in [0.15, 0.2) is 5.69 Å². The molecule has 1 saturated heterocycles. The number of para-hydroxylation sites is 1. The lowest BCUT2D eigenvalue weighted by atomic mass is 10.1. The van der Waals surface area contributed by atoms with E-state index in [9.17, 15) is 4.79 Å². The molecule has 1 aromatic carbocycles. The molecule has 0 spiro atoms. The summed E-state index contributed by atoms with van der Waals surface area (Å²) < 4.78 is 18.2. The predicted octanol–water partition coefficient (Wildman–Crippen LogP) is 2.34. The van der Waals surface area contributed by atoms with Gasteiger partial charge in [0.05, 0.1) is 34.0 Å². The number of anilines is 1. The third-order valence-corrected chi connectivity index (χ3v) is 5.46. The first kappa shape index (κ1) is 21.1. The number of nitrogens with zero attached hydrogens (tertiary/aromatic N) is 4. The molecule has 9 heteroatoms. The molecule has 0 aliphatic carbocycles. The molecule has 1 fully saturated rings. The number of aryl methyl sites for hydroxylation is 1. The fourth-order valence-corrected chi connectivity index (χ4v) is 3.77. The number of carbonyl (C=O) groups excluding carboxylic acids is 1. The number of amides is 1. The van der Waals surface area contributed by atoms with Gasteiger partial charge in [-0.1, -0.05) is 12.1 Å². The van der Waals surface area contributed by atoms with Crippen LogP contribution in [0.15, 0.2) is 30.5 Å². The summed E-state index contributed by atoms with van der Waals surface area (Å²) in [6.07, 6.45) is 1.64. The number of pyridine rings is 1. The molecule has 0 bridgehead atoms. The van der Waals surface area contributed by atoms with E-state index < -0.39 is 0 Å². The Balaban J connectivity index is 1.67. The molecule has 1 aliphatic rings. The minimum absolute atomic E-state index is 0.322. The molecule has 2 aromatic heterocycles. The van der Waals surface area contributed by atoms with Crippen molar-refractivity contribution >= 4 is 22.5 Å². The first-order valence-electron chi connectivity index (χ1n) is 10.3. The van der Waals surface area contributed by atoms with Crippen LogP contribution in [0.2, 0.25) is 0 Å². The number of hydrogen-bond acceptors (Lipinski definition) is 7. The Morgan fingerprint density at radius 3 is 2.71 bits per heavy atom. The predicted molar refractivity (Wildman–Crippen MR) is 117 cm³/mol. The number of morpholine rings is 1. The zero-order valence-electron chi connectivity index (χ0n) is 18.1. The monoisotopic (exact) mass is 425 g/mol. The Bertz CT molecular complexity index is 1080. The van der Waals surface area contributed by atoms with Crippen LogP contribution in [-0.4, -0.2) is 72.6 Å². The van der Waals surface area contributed by atoms with Gasteiger partial charge in [0.25, 0.3) is 5.91 Å². The third kappa shape index (κ3) is 4.33. The van der Waals surface area contributed by atoms with Gasteiger partial charge in [-0.05, 0) is 24.6 Å². The molecule has 1 N–H and O–H groups in total. The van der Waals surface area contributed by atoms with E-state index in [0.29, 0.717) is 29.6 Å². The molecule has 3 aromatic rings. The molecule has 164 valence electrons. The quantitative estimate of drug-likeness (QED) is 0.621. The van der Waals surface area contributed by atoms with E-state index in [1.165, 1.54) is 7.11 Å². The SMILES string of the molecule is COc1nccc(C)c1NC(=O)c1nn(CCN2CCOCC2)c2c(OC)cccc12. The number of nitrogens with one attached hydrogen (secondary N) is 1. The molecule has 31 heavy (non-hydrogen) atoms. The second kappa shape index (κ2) is 9.32. The van der Waals surface area contributed by atoms with Gasteiger partial charge in [-0.15, -0.1) is 0 Å². The van der Waals surface area contributed by atoms with Crippen LogP contribution in [0.25, 0.3) is 10.9 Å². The molecule has 0 saturated carbocycles. The minimum atomic E-state index is -0.322. The van der Waals surface area contributed by atoms with Crippen molar-refractivity contribution < 1.29 is 19.0 Å². The maximum Gasteiger partial charge on any atom is 0.276 e. The molecule has 1 aliphatic heterocycles. The second-order valence-corrected chi connectivity index (χ2v) is 7.35. The minimum Gasteiger partial charge on any atom is -0.494 e. The molecule has 3 heterocycles. The number of fused-ring (bicyclic) bond motifs is 1. The summed E-state index contributed by atoms with van der Waals surface area (Å²) in [5.74, 6) is 0.723. The van der Waals surface area contributed by atoms with E-state index in [2.05, 4.69) is 20.3 Å². The van der Waals surface area contributed by atoms with Crippen molar-refractivity contribution in [3.8, 4) is 11.6 Å². The summed E-state index contributed by atoms with van der Waals surface area (Å²) in [6, 6.07) is 7.45. The van der Waals surface area contributed by atoms with E-state index in [0.717, 1.165) is 49.3 Å². The Kier molecular flexibility index (Phi) is 6.34. The van der Waals surface area contributed by atoms with Crippen LogP contribution in [0.1, 0.15) is 16.1 Å². The van der Waals surface area contributed by atoms with E-state index in [1.807, 2.05) is 35.9 Å². The molecular formula is C22H27N5O4. The summed E-state index contributed by atoms with van der Waals surface area (Å²) in [4.78, 5) is 19.7. The molecule has 0 unspecified atom stereocenters. The number of aromatic nitrogens is 3. The zero-order valence-corrected chi connectivity index (χ0v) is 18.1. The highest BCUT2D eigenvalue weighted by molar-refractivity contribution is 6.12. The van der Waals surface area contributed by atoms with Crippen molar-refractivity contribution in [1.82, 2.24) is 19.7 Å². The van der Waals surface area contributed by atoms with Crippen molar-refractivity contribution in [1.29, 1.82) is 0 Å². The van der Waals surface area contributed by atoms with Crippen LogP contribution >= 0.6 is 0 Å². The fourth-order valence-electron chi connectivity index (χ4n) is 3.77. The average molecular weight is 425 g/mol. The molecule has 4 rings (SSSR count). The highest BCUT2D eigenvalue weighted by Crippen LogP contribution is 2.30. The van der Waals surface area contributed by atoms with Crippen molar-refractivity contribution in [2.45, 2.75) is 13.5 Å². The summed E-state index contributed by atoms with van der Waals surface area (Å²) in [7, 11) is 3.15. The van der Waals surface area contributed by atoms with Crippen molar-refractivity contribution in [2.75, 3.05) is 52.4 Å². The lowest BCUT2D eigenvalue weighted by Crippen LogP contribution is -2.38. The number of carbonyl (C=O) groups is 1. The summed E-state index contributed by atoms with van der Waals surface area (Å²) in [5.41, 5.74) is 2.53. The van der Waals surface area contributed by atoms with E-state index in [4.69, 9.17) is 14.2 Å². The topological polar surface area (TPSA) is 90.7 Å². The highest BCUT2D eigenvalue weighted by Gasteiger charge is 2.22. The number of ether oxygens (including phenoxy) is 3. The Hall–Kier alpha value is -3.17. The van der Waals surface area contributed by atoms with Gasteiger partial charge in [-0.2, -0.15) is 5.10 Å². The smallest absolute Gasteiger partial charge is 0.276 e. The average Bonchev–Trinajstić information content (AvgIpc) is 3.18. The van der Waals surface area contributed by atoms with E-state index >= 15 is 0 Å². The van der Waals surface area contributed by atoms with Gasteiger partial charge in [-0.25, -0.2) is 4.98 Å². The fraction of sp³-hybridized carbons (Fsp3) is 0.409. The highest BCUT2D eigenvalue weighted by atomic mass is 16.5. The normalized spacial score (nSPS) is 14.5. The van der Waals surface area contributed by atoms with Crippen LogP contribution in [-0.2, 0) is 11.3 Å². The standard InChI is InChI=1S/C22H27N5O4/c1-15-7-8-23-22(30-3)18(15)24-21(28)19-16-5-4-6-17(29-2)20(16)27(25-19)10-9-26-11-13-31-14-12-26/h4-8H,9-14H2,1-3H3,(H,24,28). The molecule has 1 amide bonds. The maximum atomic E-state index is 13.2. The Morgan fingerprint density at radius 2 is 1.97 bits per heavy atom. The van der Waals surface area contributed by atoms with Gasteiger partial charge in [-0.3, -0.25) is 14.4 Å². The van der Waals surface area contributed by atoms with Crippen molar-refractivity contribution in [3.63, 3.8) is 0 Å². The van der Waals surface area contributed by atoms with Crippen LogP contribution in [0.4, 0.5) is 5.69 Å². The number of benzene rings is 1. The van der Waals surface area contributed by atoms with Crippen LogP contribution in [0.5, 0.6) is 11.6 Å². The van der Waals surface area contributed by atoms with Gasteiger partial charge in [0.2, 0.25) is 5.88 Å². The maximum absolute atomic E-state index is 13.2. The first-order valence-corrected chi connectivity index (χ1v) is 10.3. The van der Waals surface area contributed by atoms with Gasteiger partial charge in [0, 0.05) is 31.2 Å². The van der Waals surface area contributed by atoms with Crippen molar-refractivity contribution in [3.05, 3.63) is 41.7 Å². The van der Waals surface area contributed by atoms with Gasteiger partial charge in [0.1, 0.15) is 17.0 Å². The Morgan fingerprint density at radius 1 is 1.16 bits per heavy atom. The lowest BCUT2D eigenvalue weighted by Gasteiger charge is -2.26. The third-order valence-electron chi connectivity index (χ3n) is 5.46. The second-order valence-electron chi connectivity index (χ2n) is 7.35. The lowest BCUT2D eigenvalue weighted by molar-refractivity contribution is 0.0361. The van der Waals surface area contributed by atoms with Crippen LogP contribution in [0.3, 0.4) is 0 Å². The molecule has 0 atom stereocenters. The van der Waals surface area contributed by atoms with Crippen LogP contribution < -0.4 is 14.8 Å². The zero-order chi connectivity index (χ0) is 21.8. The van der Waals surface area contributed by atoms with Gasteiger partial charge < -0.3 is 19.5 Å². The van der Waals surface area contributed by atoms with E-state index in [-0.39, 0.29) is 5.91 Å². The number of hydrogen-bond donors (Lipinski definition) is 1. The largest absolute Gasteiger partial charge is 0.494 e. The summed E-state index contributed by atoms with van der Waals surface area (Å²) >= 11 is 0. The Labute approximate surface area is 180 Å².